The molecule has 0 aliphatic rings. The zero-order valence-electron chi connectivity index (χ0n) is 10.7. The van der Waals surface area contributed by atoms with Crippen molar-refractivity contribution < 1.29 is 27.1 Å². The van der Waals surface area contributed by atoms with Crippen molar-refractivity contribution in [3.8, 4) is 11.5 Å². The molecular weight excluding hydrogens is 402 g/mol. The molecule has 0 spiro atoms. The Kier molecular flexibility index (Phi) is 4.55. The molecule has 0 radical (unpaired) electrons. The molecule has 1 aromatic heterocycles. The summed E-state index contributed by atoms with van der Waals surface area (Å²) >= 11 is 1.94. The third-order valence-corrected chi connectivity index (χ3v) is 3.40. The number of halogens is 4. The van der Waals surface area contributed by atoms with Crippen molar-refractivity contribution >= 4 is 28.6 Å². The van der Waals surface area contributed by atoms with Gasteiger partial charge in [0, 0.05) is 3.57 Å². The number of esters is 1. The predicted molar refractivity (Wildman–Crippen MR) is 75.6 cm³/mol. The molecule has 0 bridgehead atoms. The minimum Gasteiger partial charge on any atom is -0.460 e. The summed E-state index contributed by atoms with van der Waals surface area (Å²) in [5.74, 6) is -2.39. The van der Waals surface area contributed by atoms with Crippen LogP contribution in [-0.4, -0.2) is 17.6 Å². The van der Waals surface area contributed by atoms with E-state index in [2.05, 4.69) is 9.72 Å². The molecule has 2 rings (SSSR count). The first kappa shape index (κ1) is 15.8. The maximum absolute atomic E-state index is 12.9. The number of rotatable bonds is 3. The number of hydrogen-bond donors (Lipinski definition) is 0. The molecule has 0 unspecified atom stereocenters. The second kappa shape index (κ2) is 6.04. The lowest BCUT2D eigenvalue weighted by atomic mass is 10.2. The highest BCUT2D eigenvalue weighted by molar-refractivity contribution is 14.1. The number of oxazole rings is 1. The number of ether oxygens (including phenoxy) is 1. The smallest absolute Gasteiger partial charge is 0.437 e. The van der Waals surface area contributed by atoms with Crippen LogP contribution in [0.4, 0.5) is 13.2 Å². The van der Waals surface area contributed by atoms with Crippen LogP contribution in [0.25, 0.3) is 11.5 Å². The Hall–Kier alpha value is -1.58. The molecule has 0 N–H and O–H groups in total. The van der Waals surface area contributed by atoms with Crippen LogP contribution < -0.4 is 0 Å². The van der Waals surface area contributed by atoms with E-state index < -0.39 is 23.6 Å². The number of alkyl halides is 3. The van der Waals surface area contributed by atoms with Gasteiger partial charge in [0.2, 0.25) is 11.7 Å². The number of aromatic nitrogens is 1. The molecule has 0 atom stereocenters. The van der Waals surface area contributed by atoms with E-state index in [1.807, 2.05) is 22.6 Å². The van der Waals surface area contributed by atoms with E-state index in [1.165, 1.54) is 6.92 Å². The van der Waals surface area contributed by atoms with Gasteiger partial charge in [-0.25, -0.2) is 9.78 Å². The Morgan fingerprint density at radius 2 is 2.05 bits per heavy atom. The van der Waals surface area contributed by atoms with Crippen LogP contribution in [0.1, 0.15) is 23.2 Å². The fraction of sp³-hybridized carbons (Fsp3) is 0.231. The second-order valence-electron chi connectivity index (χ2n) is 3.89. The zero-order chi connectivity index (χ0) is 15.6. The van der Waals surface area contributed by atoms with Crippen LogP contribution in [0.5, 0.6) is 0 Å². The molecule has 0 saturated carbocycles. The van der Waals surface area contributed by atoms with Crippen molar-refractivity contribution in [2.45, 2.75) is 13.1 Å². The van der Waals surface area contributed by atoms with Crippen LogP contribution in [0, 0.1) is 3.57 Å². The van der Waals surface area contributed by atoms with Gasteiger partial charge in [-0.05, 0) is 41.6 Å². The third-order valence-electron chi connectivity index (χ3n) is 2.46. The average molecular weight is 411 g/mol. The van der Waals surface area contributed by atoms with Gasteiger partial charge in [0.05, 0.1) is 12.2 Å². The third kappa shape index (κ3) is 3.36. The summed E-state index contributed by atoms with van der Waals surface area (Å²) in [6.45, 7) is 1.43. The van der Waals surface area contributed by atoms with Crippen LogP contribution >= 0.6 is 22.6 Å². The van der Waals surface area contributed by atoms with Crippen molar-refractivity contribution in [3.63, 3.8) is 0 Å². The normalized spacial score (nSPS) is 11.5. The maximum atomic E-state index is 12.9. The van der Waals surface area contributed by atoms with E-state index in [1.54, 1.807) is 24.3 Å². The number of carbonyl (C=O) groups excluding carboxylic acids is 1. The monoisotopic (exact) mass is 411 g/mol. The predicted octanol–water partition coefficient (Wildman–Crippen LogP) is 4.14. The standard InChI is InChI=1S/C13H9F3INO3/c1-2-20-12(19)9-10(13(14,15)16)18-11(21-9)7-5-3-4-6-8(7)17/h3-6H,2H2,1H3. The van der Waals surface area contributed by atoms with E-state index in [0.717, 1.165) is 0 Å². The Balaban J connectivity index is 2.56. The lowest BCUT2D eigenvalue weighted by Gasteiger charge is -2.03. The molecule has 0 aliphatic heterocycles. The topological polar surface area (TPSA) is 52.3 Å². The van der Waals surface area contributed by atoms with E-state index in [-0.39, 0.29) is 12.5 Å². The molecule has 0 amide bonds. The molecule has 1 heterocycles. The van der Waals surface area contributed by atoms with Crippen LogP contribution in [0.2, 0.25) is 0 Å². The maximum Gasteiger partial charge on any atom is 0.437 e. The van der Waals surface area contributed by atoms with E-state index >= 15 is 0 Å². The first-order valence-corrected chi connectivity index (χ1v) is 6.92. The summed E-state index contributed by atoms with van der Waals surface area (Å²) in [7, 11) is 0. The van der Waals surface area contributed by atoms with Gasteiger partial charge in [-0.15, -0.1) is 0 Å². The summed E-state index contributed by atoms with van der Waals surface area (Å²) < 4.78 is 49.1. The second-order valence-corrected chi connectivity index (χ2v) is 5.06. The van der Waals surface area contributed by atoms with Gasteiger partial charge in [0.15, 0.2) is 5.69 Å². The Morgan fingerprint density at radius 3 is 2.62 bits per heavy atom. The van der Waals surface area contributed by atoms with Gasteiger partial charge in [-0.1, -0.05) is 12.1 Å². The summed E-state index contributed by atoms with van der Waals surface area (Å²) in [6.07, 6.45) is -4.80. The van der Waals surface area contributed by atoms with Crippen LogP contribution in [0.3, 0.4) is 0 Å². The highest BCUT2D eigenvalue weighted by Gasteiger charge is 2.42. The van der Waals surface area contributed by atoms with E-state index in [4.69, 9.17) is 4.42 Å². The van der Waals surface area contributed by atoms with Gasteiger partial charge in [0.1, 0.15) is 0 Å². The Bertz CT molecular complexity index is 667. The summed E-state index contributed by atoms with van der Waals surface area (Å²) in [4.78, 5) is 15.0. The number of benzene rings is 1. The van der Waals surface area contributed by atoms with E-state index in [9.17, 15) is 18.0 Å². The Morgan fingerprint density at radius 1 is 1.38 bits per heavy atom. The largest absolute Gasteiger partial charge is 0.460 e. The fourth-order valence-corrected chi connectivity index (χ4v) is 2.22. The minimum atomic E-state index is -4.80. The van der Waals surface area contributed by atoms with Crippen LogP contribution in [0.15, 0.2) is 28.7 Å². The first-order valence-electron chi connectivity index (χ1n) is 5.84. The van der Waals surface area contributed by atoms with Gasteiger partial charge in [-0.3, -0.25) is 0 Å². The van der Waals surface area contributed by atoms with Crippen molar-refractivity contribution in [2.24, 2.45) is 0 Å². The summed E-state index contributed by atoms with van der Waals surface area (Å²) in [6, 6.07) is 6.62. The van der Waals surface area contributed by atoms with E-state index in [0.29, 0.717) is 9.13 Å². The lowest BCUT2D eigenvalue weighted by Crippen LogP contribution is -2.14. The van der Waals surface area contributed by atoms with Gasteiger partial charge >= 0.3 is 12.1 Å². The number of nitrogens with zero attached hydrogens (tertiary/aromatic N) is 1. The number of hydrogen-bond acceptors (Lipinski definition) is 4. The van der Waals surface area contributed by atoms with Gasteiger partial charge in [0.25, 0.3) is 0 Å². The first-order chi connectivity index (χ1) is 9.84. The van der Waals surface area contributed by atoms with Gasteiger partial charge in [-0.2, -0.15) is 13.2 Å². The van der Waals surface area contributed by atoms with Gasteiger partial charge < -0.3 is 9.15 Å². The lowest BCUT2D eigenvalue weighted by molar-refractivity contribution is -0.141. The Labute approximate surface area is 131 Å². The summed E-state index contributed by atoms with van der Waals surface area (Å²) in [5.41, 5.74) is -1.00. The molecule has 1 aromatic carbocycles. The fourth-order valence-electron chi connectivity index (χ4n) is 1.60. The molecule has 4 nitrogen and oxygen atoms in total. The van der Waals surface area contributed by atoms with Crippen molar-refractivity contribution in [3.05, 3.63) is 39.3 Å². The highest BCUT2D eigenvalue weighted by Crippen LogP contribution is 2.35. The highest BCUT2D eigenvalue weighted by atomic mass is 127. The molecule has 112 valence electrons. The molecule has 0 saturated heterocycles. The van der Waals surface area contributed by atoms with Crippen molar-refractivity contribution in [1.29, 1.82) is 0 Å². The molecule has 2 aromatic rings. The molecule has 21 heavy (non-hydrogen) atoms. The van der Waals surface area contributed by atoms with Crippen molar-refractivity contribution in [1.82, 2.24) is 4.98 Å². The van der Waals surface area contributed by atoms with Crippen LogP contribution in [-0.2, 0) is 10.9 Å². The van der Waals surface area contributed by atoms with Crippen molar-refractivity contribution in [2.75, 3.05) is 6.61 Å². The minimum absolute atomic E-state index is 0.0605. The SMILES string of the molecule is CCOC(=O)c1oc(-c2ccccc2I)nc1C(F)(F)F. The molecule has 8 heteroatoms. The average Bonchev–Trinajstić information content (AvgIpc) is 2.84. The number of carbonyl (C=O) groups is 1. The molecule has 0 fully saturated rings. The quantitative estimate of drug-likeness (QED) is 0.563. The zero-order valence-corrected chi connectivity index (χ0v) is 12.9. The summed E-state index contributed by atoms with van der Waals surface area (Å²) in [5, 5.41) is 0. The molecule has 0 aliphatic carbocycles. The molecular formula is C13H9F3INO3.